The SMILES string of the molecule is CC(CCCOc1ccc(NC(=S)NC(=O)c2ccc(N(C)C)nc2)cc1C(F)(F)F)c1cccc(COc2cccc(NC(=S)NC(=O)c3ccc(OCCN4CCOCC4)nc3)c2)c1. The minimum Gasteiger partial charge on any atom is -0.493 e. The lowest BCUT2D eigenvalue weighted by atomic mass is 9.95. The van der Waals surface area contributed by atoms with Gasteiger partial charge in [0.25, 0.3) is 11.8 Å². The minimum absolute atomic E-state index is 0.0335. The van der Waals surface area contributed by atoms with Crippen LogP contribution in [-0.2, 0) is 17.5 Å². The van der Waals surface area contributed by atoms with Crippen LogP contribution in [0.1, 0.15) is 63.1 Å². The Kier molecular flexibility index (Phi) is 17.6. The van der Waals surface area contributed by atoms with Gasteiger partial charge in [0.2, 0.25) is 5.88 Å². The van der Waals surface area contributed by atoms with E-state index in [0.29, 0.717) is 48.1 Å². The standard InChI is InChI=1S/C47H51F3N8O6S2/c1-31(7-6-21-62-40-15-14-37(27-39(40)47(48,49)50)54-46(66)55-43(59)34-12-16-41(51-28-34)57(2)3)33-9-4-8-32(25-33)30-64-38-11-5-10-36(26-38)53-45(65)56-44(60)35-13-17-42(52-29-35)63-24-20-58-18-22-61-23-19-58/h4-5,8-17,25-29,31H,6-7,18-24,30H2,1-3H3,(H2,53,56,60,65)(H2,54,55,59,66). The number of hydrogen-bond acceptors (Lipinski definition) is 12. The van der Waals surface area contributed by atoms with Gasteiger partial charge in [-0.05, 0) is 103 Å². The lowest BCUT2D eigenvalue weighted by Gasteiger charge is -2.26. The van der Waals surface area contributed by atoms with Crippen LogP contribution in [0.2, 0.25) is 0 Å². The maximum atomic E-state index is 14.1. The second kappa shape index (κ2) is 23.7. The van der Waals surface area contributed by atoms with E-state index >= 15 is 0 Å². The van der Waals surface area contributed by atoms with E-state index in [1.807, 2.05) is 51.4 Å². The number of carbonyl (C=O) groups excluding carboxylic acids is 2. The monoisotopic (exact) mass is 944 g/mol. The Morgan fingerprint density at radius 1 is 0.803 bits per heavy atom. The molecule has 3 aromatic carbocycles. The summed E-state index contributed by atoms with van der Waals surface area (Å²) in [5, 5.41) is 10.7. The zero-order valence-corrected chi connectivity index (χ0v) is 38.3. The smallest absolute Gasteiger partial charge is 0.420 e. The van der Waals surface area contributed by atoms with Gasteiger partial charge in [-0.25, -0.2) is 9.97 Å². The Labute approximate surface area is 392 Å². The van der Waals surface area contributed by atoms with Gasteiger partial charge >= 0.3 is 6.18 Å². The van der Waals surface area contributed by atoms with E-state index in [0.717, 1.165) is 50.0 Å². The van der Waals surface area contributed by atoms with Crippen molar-refractivity contribution in [1.82, 2.24) is 25.5 Å². The lowest BCUT2D eigenvalue weighted by molar-refractivity contribution is -0.138. The first-order valence-electron chi connectivity index (χ1n) is 21.1. The predicted molar refractivity (Wildman–Crippen MR) is 255 cm³/mol. The van der Waals surface area contributed by atoms with Crippen molar-refractivity contribution in [3.8, 4) is 17.4 Å². The van der Waals surface area contributed by atoms with Gasteiger partial charge in [-0.3, -0.25) is 25.1 Å². The van der Waals surface area contributed by atoms with Gasteiger partial charge in [0.1, 0.15) is 30.5 Å². The molecular weight excluding hydrogens is 894 g/mol. The summed E-state index contributed by atoms with van der Waals surface area (Å²) >= 11 is 10.6. The molecule has 0 bridgehead atoms. The number of hydrogen-bond donors (Lipinski definition) is 4. The molecule has 0 radical (unpaired) electrons. The Balaban J connectivity index is 0.921. The minimum atomic E-state index is -4.71. The van der Waals surface area contributed by atoms with Crippen molar-refractivity contribution < 1.29 is 41.7 Å². The highest BCUT2D eigenvalue weighted by atomic mass is 32.1. The van der Waals surface area contributed by atoms with Crippen LogP contribution in [0.15, 0.2) is 103 Å². The number of alkyl halides is 3. The number of amides is 2. The lowest BCUT2D eigenvalue weighted by Crippen LogP contribution is -2.38. The van der Waals surface area contributed by atoms with Crippen molar-refractivity contribution in [3.05, 3.63) is 131 Å². The van der Waals surface area contributed by atoms with Crippen LogP contribution >= 0.6 is 24.4 Å². The van der Waals surface area contributed by atoms with Gasteiger partial charge in [-0.2, -0.15) is 13.2 Å². The van der Waals surface area contributed by atoms with E-state index in [-0.39, 0.29) is 46.4 Å². The molecule has 4 N–H and O–H groups in total. The Hall–Kier alpha value is -6.41. The molecule has 2 aromatic heterocycles. The van der Waals surface area contributed by atoms with Gasteiger partial charge in [0.15, 0.2) is 10.2 Å². The summed E-state index contributed by atoms with van der Waals surface area (Å²) in [7, 11) is 3.62. The molecule has 0 spiro atoms. The Morgan fingerprint density at radius 2 is 1.48 bits per heavy atom. The van der Waals surface area contributed by atoms with Crippen molar-refractivity contribution in [2.45, 2.75) is 38.5 Å². The number of halogens is 3. The normalized spacial score (nSPS) is 13.2. The number of aromatic nitrogens is 2. The van der Waals surface area contributed by atoms with E-state index < -0.39 is 23.6 Å². The van der Waals surface area contributed by atoms with Crippen LogP contribution < -0.4 is 40.4 Å². The zero-order valence-electron chi connectivity index (χ0n) is 36.7. The highest BCUT2D eigenvalue weighted by molar-refractivity contribution is 7.80. The number of anilines is 3. The average molecular weight is 945 g/mol. The third-order valence-electron chi connectivity index (χ3n) is 10.3. The number of benzene rings is 3. The van der Waals surface area contributed by atoms with Gasteiger partial charge in [-0.1, -0.05) is 37.3 Å². The molecule has 0 saturated carbocycles. The molecule has 1 saturated heterocycles. The van der Waals surface area contributed by atoms with Gasteiger partial charge in [-0.15, -0.1) is 0 Å². The average Bonchev–Trinajstić information content (AvgIpc) is 3.30. The molecule has 14 nitrogen and oxygen atoms in total. The Bertz CT molecular complexity index is 2440. The zero-order chi connectivity index (χ0) is 47.1. The largest absolute Gasteiger partial charge is 0.493 e. The summed E-state index contributed by atoms with van der Waals surface area (Å²) < 4.78 is 65.2. The summed E-state index contributed by atoms with van der Waals surface area (Å²) in [5.74, 6) is 0.447. The van der Waals surface area contributed by atoms with Gasteiger partial charge in [0, 0.05) is 69.6 Å². The number of nitrogens with zero attached hydrogens (tertiary/aromatic N) is 4. The van der Waals surface area contributed by atoms with Gasteiger partial charge < -0.3 is 34.5 Å². The number of carbonyl (C=O) groups is 2. The number of thiocarbonyl (C=S) groups is 2. The first kappa shape index (κ1) is 49.0. The molecule has 5 aromatic rings. The summed E-state index contributed by atoms with van der Waals surface area (Å²) in [5.41, 5.74) is 2.21. The molecule has 1 fully saturated rings. The number of rotatable bonds is 18. The molecule has 1 atom stereocenters. The molecular formula is C47H51F3N8O6S2. The number of morpholine rings is 1. The van der Waals surface area contributed by atoms with E-state index in [1.54, 1.807) is 47.4 Å². The van der Waals surface area contributed by atoms with Crippen molar-refractivity contribution in [2.75, 3.05) is 75.7 Å². The molecule has 1 aliphatic heterocycles. The second-order valence-electron chi connectivity index (χ2n) is 15.5. The molecule has 3 heterocycles. The second-order valence-corrected chi connectivity index (χ2v) is 16.3. The number of nitrogens with one attached hydrogen (secondary N) is 4. The highest BCUT2D eigenvalue weighted by Crippen LogP contribution is 2.38. The predicted octanol–water partition coefficient (Wildman–Crippen LogP) is 8.07. The van der Waals surface area contributed by atoms with Crippen LogP contribution in [-0.4, -0.2) is 97.1 Å². The number of pyridine rings is 2. The summed E-state index contributed by atoms with van der Waals surface area (Å²) in [4.78, 5) is 37.9. The molecule has 6 rings (SSSR count). The maximum Gasteiger partial charge on any atom is 0.420 e. The summed E-state index contributed by atoms with van der Waals surface area (Å²) in [6, 6.07) is 25.1. The third kappa shape index (κ3) is 15.1. The van der Waals surface area contributed by atoms with Gasteiger partial charge in [0.05, 0.1) is 36.5 Å². The molecule has 19 heteroatoms. The fourth-order valence-corrected chi connectivity index (χ4v) is 7.10. The van der Waals surface area contributed by atoms with Crippen molar-refractivity contribution in [3.63, 3.8) is 0 Å². The molecule has 2 amide bonds. The van der Waals surface area contributed by atoms with Crippen LogP contribution in [0.5, 0.6) is 17.4 Å². The quantitative estimate of drug-likeness (QED) is 0.0495. The van der Waals surface area contributed by atoms with E-state index in [2.05, 4.69) is 36.1 Å². The highest BCUT2D eigenvalue weighted by Gasteiger charge is 2.35. The fourth-order valence-electron chi connectivity index (χ4n) is 6.68. The first-order chi connectivity index (χ1) is 31.7. The van der Waals surface area contributed by atoms with Crippen LogP contribution in [0, 0.1) is 0 Å². The number of ether oxygens (including phenoxy) is 4. The molecule has 0 aliphatic carbocycles. The molecule has 66 heavy (non-hydrogen) atoms. The first-order valence-corrected chi connectivity index (χ1v) is 21.9. The summed E-state index contributed by atoms with van der Waals surface area (Å²) in [6.07, 6.45) is -0.736. The van der Waals surface area contributed by atoms with E-state index in [1.165, 1.54) is 24.5 Å². The molecule has 1 aliphatic rings. The third-order valence-corrected chi connectivity index (χ3v) is 10.7. The summed E-state index contributed by atoms with van der Waals surface area (Å²) in [6.45, 7) is 6.82. The maximum absolute atomic E-state index is 14.1. The van der Waals surface area contributed by atoms with Crippen LogP contribution in [0.25, 0.3) is 0 Å². The molecule has 1 unspecified atom stereocenters. The Morgan fingerprint density at radius 3 is 2.14 bits per heavy atom. The van der Waals surface area contributed by atoms with Crippen molar-refractivity contribution in [1.29, 1.82) is 0 Å². The van der Waals surface area contributed by atoms with E-state index in [4.69, 9.17) is 43.4 Å². The van der Waals surface area contributed by atoms with Crippen molar-refractivity contribution in [2.24, 2.45) is 0 Å². The van der Waals surface area contributed by atoms with Crippen LogP contribution in [0.3, 0.4) is 0 Å². The molecule has 348 valence electrons. The van der Waals surface area contributed by atoms with Crippen LogP contribution in [0.4, 0.5) is 30.4 Å². The van der Waals surface area contributed by atoms with E-state index in [9.17, 15) is 22.8 Å². The van der Waals surface area contributed by atoms with Crippen molar-refractivity contribution >= 4 is 63.7 Å². The fraction of sp³-hybridized carbons (Fsp3) is 0.319. The topological polar surface area (TPSA) is 151 Å².